The fourth-order valence-corrected chi connectivity index (χ4v) is 3.12. The lowest BCUT2D eigenvalue weighted by Crippen LogP contribution is -2.42. The number of rotatable bonds is 6. The third kappa shape index (κ3) is 4.87. The summed E-state index contributed by atoms with van der Waals surface area (Å²) >= 11 is 0. The Morgan fingerprint density at radius 2 is 2.04 bits per heavy atom. The number of hydrogen-bond acceptors (Lipinski definition) is 5. The molecule has 1 aromatic carbocycles. The van der Waals surface area contributed by atoms with Crippen molar-refractivity contribution in [3.63, 3.8) is 0 Å². The summed E-state index contributed by atoms with van der Waals surface area (Å²) in [5, 5.41) is 2.69. The van der Waals surface area contributed by atoms with Gasteiger partial charge in [0.05, 0.1) is 25.8 Å². The van der Waals surface area contributed by atoms with E-state index < -0.39 is 0 Å². The number of likely N-dealkylation sites (tertiary alicyclic amines) is 1. The van der Waals surface area contributed by atoms with Gasteiger partial charge in [0.1, 0.15) is 11.5 Å². The van der Waals surface area contributed by atoms with Crippen LogP contribution < -0.4 is 10.1 Å². The largest absolute Gasteiger partial charge is 0.497 e. The summed E-state index contributed by atoms with van der Waals surface area (Å²) in [5.41, 5.74) is 1.35. The zero-order valence-electron chi connectivity index (χ0n) is 15.8. The van der Waals surface area contributed by atoms with Gasteiger partial charge in [-0.2, -0.15) is 0 Å². The van der Waals surface area contributed by atoms with Gasteiger partial charge in [-0.15, -0.1) is 0 Å². The van der Waals surface area contributed by atoms with Crippen molar-refractivity contribution in [3.05, 3.63) is 35.7 Å². The molecular formula is C20H25N3O4. The molecule has 0 spiro atoms. The highest BCUT2D eigenvalue weighted by Gasteiger charge is 2.19. The lowest BCUT2D eigenvalue weighted by Gasteiger charge is -2.26. The van der Waals surface area contributed by atoms with Crippen molar-refractivity contribution in [2.45, 2.75) is 32.6 Å². The number of nitrogens with zero attached hydrogens (tertiary/aromatic N) is 2. The number of amides is 2. The van der Waals surface area contributed by atoms with Crippen molar-refractivity contribution in [1.82, 2.24) is 15.2 Å². The Hall–Kier alpha value is -2.83. The van der Waals surface area contributed by atoms with Crippen LogP contribution in [0, 0.1) is 6.92 Å². The number of hydrogen-bond donors (Lipinski definition) is 1. The number of methoxy groups -OCH3 is 1. The highest BCUT2D eigenvalue weighted by molar-refractivity contribution is 5.85. The minimum atomic E-state index is -0.242. The first kappa shape index (κ1) is 18.9. The fourth-order valence-electron chi connectivity index (χ4n) is 3.12. The Bertz CT molecular complexity index is 809. The Kier molecular flexibility index (Phi) is 6.11. The molecule has 2 amide bonds. The number of carbonyl (C=O) groups excluding carboxylic acids is 2. The molecule has 144 valence electrons. The predicted molar refractivity (Wildman–Crippen MR) is 100 cm³/mol. The monoisotopic (exact) mass is 371 g/mol. The summed E-state index contributed by atoms with van der Waals surface area (Å²) in [4.78, 5) is 30.6. The SMILES string of the molecule is COc1cccc(-c2nc(CC(=O)NCC(=O)N3CCCCC3)c(C)o2)c1. The van der Waals surface area contributed by atoms with Gasteiger partial charge in [0.2, 0.25) is 17.7 Å². The Balaban J connectivity index is 1.57. The molecule has 7 heteroatoms. The van der Waals surface area contributed by atoms with Crippen LogP contribution in [0.1, 0.15) is 30.7 Å². The predicted octanol–water partition coefficient (Wildman–Crippen LogP) is 2.33. The van der Waals surface area contributed by atoms with Crippen molar-refractivity contribution < 1.29 is 18.7 Å². The lowest BCUT2D eigenvalue weighted by molar-refractivity contribution is -0.133. The van der Waals surface area contributed by atoms with Gasteiger partial charge in [0, 0.05) is 18.7 Å². The first-order chi connectivity index (χ1) is 13.1. The summed E-state index contributed by atoms with van der Waals surface area (Å²) in [6.07, 6.45) is 3.31. The summed E-state index contributed by atoms with van der Waals surface area (Å²) in [7, 11) is 1.60. The minimum absolute atomic E-state index is 0.0263. The molecule has 0 aliphatic carbocycles. The molecule has 3 rings (SSSR count). The Morgan fingerprint density at radius 1 is 1.26 bits per heavy atom. The highest BCUT2D eigenvalue weighted by atomic mass is 16.5. The van der Waals surface area contributed by atoms with E-state index in [1.54, 1.807) is 14.0 Å². The van der Waals surface area contributed by atoms with Crippen LogP contribution >= 0.6 is 0 Å². The van der Waals surface area contributed by atoms with Gasteiger partial charge in [0.25, 0.3) is 0 Å². The molecule has 2 aromatic rings. The number of aryl methyl sites for hydroxylation is 1. The van der Waals surface area contributed by atoms with E-state index in [-0.39, 0.29) is 24.8 Å². The van der Waals surface area contributed by atoms with E-state index in [9.17, 15) is 9.59 Å². The second-order valence-electron chi connectivity index (χ2n) is 6.65. The average Bonchev–Trinajstić information content (AvgIpc) is 3.07. The molecule has 1 fully saturated rings. The number of carbonyl (C=O) groups is 2. The summed E-state index contributed by atoms with van der Waals surface area (Å²) in [6.45, 7) is 3.36. The molecule has 1 aliphatic rings. The third-order valence-electron chi connectivity index (χ3n) is 4.68. The van der Waals surface area contributed by atoms with Crippen LogP contribution in [0.15, 0.2) is 28.7 Å². The zero-order chi connectivity index (χ0) is 19.2. The van der Waals surface area contributed by atoms with E-state index >= 15 is 0 Å². The molecule has 0 radical (unpaired) electrons. The number of piperidine rings is 1. The molecule has 1 aliphatic heterocycles. The Labute approximate surface area is 158 Å². The first-order valence-electron chi connectivity index (χ1n) is 9.22. The second kappa shape index (κ2) is 8.70. The first-order valence-corrected chi connectivity index (χ1v) is 9.22. The van der Waals surface area contributed by atoms with Crippen molar-refractivity contribution in [2.75, 3.05) is 26.7 Å². The molecular weight excluding hydrogens is 346 g/mol. The van der Waals surface area contributed by atoms with E-state index in [0.29, 0.717) is 23.1 Å². The summed E-state index contributed by atoms with van der Waals surface area (Å²) in [6, 6.07) is 7.39. The van der Waals surface area contributed by atoms with Crippen LogP contribution in [-0.4, -0.2) is 48.4 Å². The van der Waals surface area contributed by atoms with Crippen LogP contribution in [0.5, 0.6) is 5.75 Å². The van der Waals surface area contributed by atoms with E-state index in [2.05, 4.69) is 10.3 Å². The van der Waals surface area contributed by atoms with Crippen molar-refractivity contribution in [3.8, 4) is 17.2 Å². The second-order valence-corrected chi connectivity index (χ2v) is 6.65. The van der Waals surface area contributed by atoms with Gasteiger partial charge < -0.3 is 19.4 Å². The molecule has 0 saturated carbocycles. The molecule has 2 heterocycles. The number of oxazole rings is 1. The number of aromatic nitrogens is 1. The maximum absolute atomic E-state index is 12.2. The van der Waals surface area contributed by atoms with Gasteiger partial charge in [-0.1, -0.05) is 6.07 Å². The van der Waals surface area contributed by atoms with Crippen molar-refractivity contribution in [1.29, 1.82) is 0 Å². The zero-order valence-corrected chi connectivity index (χ0v) is 15.8. The molecule has 1 saturated heterocycles. The molecule has 0 unspecified atom stereocenters. The van der Waals surface area contributed by atoms with Gasteiger partial charge in [-0.05, 0) is 44.4 Å². The van der Waals surface area contributed by atoms with Gasteiger partial charge in [-0.3, -0.25) is 9.59 Å². The van der Waals surface area contributed by atoms with Gasteiger partial charge in [-0.25, -0.2) is 4.98 Å². The molecule has 1 N–H and O–H groups in total. The number of nitrogens with one attached hydrogen (secondary N) is 1. The molecule has 0 bridgehead atoms. The van der Waals surface area contributed by atoms with Gasteiger partial charge >= 0.3 is 0 Å². The normalized spacial score (nSPS) is 14.1. The number of ether oxygens (including phenoxy) is 1. The van der Waals surface area contributed by atoms with E-state index in [4.69, 9.17) is 9.15 Å². The molecule has 0 atom stereocenters. The van der Waals surface area contributed by atoms with Crippen LogP contribution in [-0.2, 0) is 16.0 Å². The maximum Gasteiger partial charge on any atom is 0.241 e. The lowest BCUT2D eigenvalue weighted by atomic mass is 10.1. The fraction of sp³-hybridized carbons (Fsp3) is 0.450. The quantitative estimate of drug-likeness (QED) is 0.842. The minimum Gasteiger partial charge on any atom is -0.497 e. The highest BCUT2D eigenvalue weighted by Crippen LogP contribution is 2.25. The van der Waals surface area contributed by atoms with Gasteiger partial charge in [0.15, 0.2) is 0 Å². The Morgan fingerprint density at radius 3 is 2.78 bits per heavy atom. The average molecular weight is 371 g/mol. The molecule has 1 aromatic heterocycles. The maximum atomic E-state index is 12.2. The molecule has 27 heavy (non-hydrogen) atoms. The van der Waals surface area contributed by atoms with E-state index in [0.717, 1.165) is 37.9 Å². The summed E-state index contributed by atoms with van der Waals surface area (Å²) < 4.78 is 10.9. The number of benzene rings is 1. The van der Waals surface area contributed by atoms with Crippen molar-refractivity contribution >= 4 is 11.8 Å². The standard InChI is InChI=1S/C20H25N3O4/c1-14-17(22-20(27-14)15-7-6-8-16(11-15)26-2)12-18(24)21-13-19(25)23-9-4-3-5-10-23/h6-8,11H,3-5,9-10,12-13H2,1-2H3,(H,21,24). The van der Waals surface area contributed by atoms with Crippen LogP contribution in [0.3, 0.4) is 0 Å². The van der Waals surface area contributed by atoms with Crippen molar-refractivity contribution in [2.24, 2.45) is 0 Å². The summed E-state index contributed by atoms with van der Waals surface area (Å²) in [5.74, 6) is 1.47. The van der Waals surface area contributed by atoms with Crippen LogP contribution in [0.4, 0.5) is 0 Å². The van der Waals surface area contributed by atoms with E-state index in [1.165, 1.54) is 0 Å². The van der Waals surface area contributed by atoms with E-state index in [1.807, 2.05) is 29.2 Å². The van der Waals surface area contributed by atoms with Crippen LogP contribution in [0.25, 0.3) is 11.5 Å². The topological polar surface area (TPSA) is 84.7 Å². The smallest absolute Gasteiger partial charge is 0.241 e. The third-order valence-corrected chi connectivity index (χ3v) is 4.68. The molecule has 7 nitrogen and oxygen atoms in total. The van der Waals surface area contributed by atoms with Crippen LogP contribution in [0.2, 0.25) is 0 Å².